The number of hydrogen-bond donors (Lipinski definition) is 2. The van der Waals surface area contributed by atoms with Gasteiger partial charge in [-0.25, -0.2) is 9.97 Å². The first-order chi connectivity index (χ1) is 15.0. The van der Waals surface area contributed by atoms with Gasteiger partial charge in [0.1, 0.15) is 17.3 Å². The van der Waals surface area contributed by atoms with Crippen LogP contribution in [0.3, 0.4) is 0 Å². The van der Waals surface area contributed by atoms with Gasteiger partial charge in [0.15, 0.2) is 0 Å². The zero-order chi connectivity index (χ0) is 21.8. The molecule has 0 saturated heterocycles. The van der Waals surface area contributed by atoms with Crippen LogP contribution >= 0.6 is 0 Å². The van der Waals surface area contributed by atoms with Crippen LogP contribution in [-0.2, 0) is 0 Å². The molecule has 0 bridgehead atoms. The SMILES string of the molecule is COc1cc(Nc2nc(C)cc(Oc3cccc(C#N)c3)n2)ccc1-c1nc(C)c[nH]1. The fourth-order valence-corrected chi connectivity index (χ4v) is 3.04. The molecule has 2 aromatic heterocycles. The molecule has 154 valence electrons. The lowest BCUT2D eigenvalue weighted by Crippen LogP contribution is -2.01. The van der Waals surface area contributed by atoms with Crippen LogP contribution in [0.1, 0.15) is 17.0 Å². The summed E-state index contributed by atoms with van der Waals surface area (Å²) < 4.78 is 11.4. The number of nitrogens with zero attached hydrogens (tertiary/aromatic N) is 4. The van der Waals surface area contributed by atoms with E-state index in [1.54, 1.807) is 37.4 Å². The molecule has 4 rings (SSSR count). The Bertz CT molecular complexity index is 1280. The lowest BCUT2D eigenvalue weighted by Gasteiger charge is -2.12. The first-order valence-corrected chi connectivity index (χ1v) is 9.55. The number of rotatable bonds is 6. The van der Waals surface area contributed by atoms with E-state index in [9.17, 15) is 0 Å². The van der Waals surface area contributed by atoms with Gasteiger partial charge >= 0.3 is 0 Å². The largest absolute Gasteiger partial charge is 0.496 e. The summed E-state index contributed by atoms with van der Waals surface area (Å²) in [5.74, 6) is 2.69. The van der Waals surface area contributed by atoms with E-state index >= 15 is 0 Å². The Morgan fingerprint density at radius 1 is 1.00 bits per heavy atom. The first kappa shape index (κ1) is 19.9. The summed E-state index contributed by atoms with van der Waals surface area (Å²) in [6, 6.07) is 16.4. The molecule has 2 aromatic carbocycles. The summed E-state index contributed by atoms with van der Waals surface area (Å²) in [5, 5.41) is 12.2. The normalized spacial score (nSPS) is 10.4. The second-order valence-electron chi connectivity index (χ2n) is 6.84. The smallest absolute Gasteiger partial charge is 0.230 e. The van der Waals surface area contributed by atoms with E-state index in [1.165, 1.54) is 0 Å². The van der Waals surface area contributed by atoms with Gasteiger partial charge in [-0.15, -0.1) is 0 Å². The number of aromatic nitrogens is 4. The van der Waals surface area contributed by atoms with Crippen LogP contribution < -0.4 is 14.8 Å². The minimum absolute atomic E-state index is 0.375. The summed E-state index contributed by atoms with van der Waals surface area (Å²) >= 11 is 0. The molecule has 0 amide bonds. The van der Waals surface area contributed by atoms with Crippen LogP contribution in [0.25, 0.3) is 11.4 Å². The molecule has 0 spiro atoms. The Hall–Kier alpha value is -4.38. The van der Waals surface area contributed by atoms with Gasteiger partial charge in [0.2, 0.25) is 11.8 Å². The van der Waals surface area contributed by atoms with Gasteiger partial charge in [-0.1, -0.05) is 6.07 Å². The van der Waals surface area contributed by atoms with Gasteiger partial charge in [-0.2, -0.15) is 10.2 Å². The molecular formula is C23H20N6O2. The van der Waals surface area contributed by atoms with E-state index in [2.05, 4.69) is 31.3 Å². The summed E-state index contributed by atoms with van der Waals surface area (Å²) in [6.45, 7) is 3.78. The summed E-state index contributed by atoms with van der Waals surface area (Å²) in [5.41, 5.74) is 3.76. The number of anilines is 2. The molecule has 0 atom stereocenters. The monoisotopic (exact) mass is 412 g/mol. The van der Waals surface area contributed by atoms with Gasteiger partial charge in [-0.05, 0) is 44.2 Å². The lowest BCUT2D eigenvalue weighted by molar-refractivity contribution is 0.416. The first-order valence-electron chi connectivity index (χ1n) is 9.55. The van der Waals surface area contributed by atoms with Crippen LogP contribution in [-0.4, -0.2) is 27.0 Å². The molecule has 4 aromatic rings. The van der Waals surface area contributed by atoms with Crippen molar-refractivity contribution in [3.05, 3.63) is 71.7 Å². The number of aryl methyl sites for hydroxylation is 2. The third-order valence-electron chi connectivity index (χ3n) is 4.43. The standard InChI is InChI=1S/C23H20N6O2/c1-14-9-21(31-18-6-4-5-16(10-18)12-24)29-23(27-14)28-17-7-8-19(20(11-17)30-3)22-25-13-15(2)26-22/h4-11,13H,1-3H3,(H,25,26)(H,27,28,29). The maximum absolute atomic E-state index is 9.06. The second kappa shape index (κ2) is 8.55. The number of ether oxygens (including phenoxy) is 2. The predicted molar refractivity (Wildman–Crippen MR) is 117 cm³/mol. The van der Waals surface area contributed by atoms with Crippen molar-refractivity contribution in [2.45, 2.75) is 13.8 Å². The van der Waals surface area contributed by atoms with Crippen molar-refractivity contribution in [3.63, 3.8) is 0 Å². The van der Waals surface area contributed by atoms with Crippen molar-refractivity contribution >= 4 is 11.6 Å². The van der Waals surface area contributed by atoms with Crippen LogP contribution in [0, 0.1) is 25.2 Å². The Morgan fingerprint density at radius 3 is 2.61 bits per heavy atom. The number of benzene rings is 2. The lowest BCUT2D eigenvalue weighted by atomic mass is 10.1. The summed E-state index contributed by atoms with van der Waals surface area (Å²) in [6.07, 6.45) is 1.84. The fraction of sp³-hybridized carbons (Fsp3) is 0.130. The number of nitriles is 1. The third kappa shape index (κ3) is 4.62. The van der Waals surface area contributed by atoms with E-state index in [1.807, 2.05) is 38.2 Å². The number of H-pyrrole nitrogens is 1. The van der Waals surface area contributed by atoms with Gasteiger partial charge in [0.05, 0.1) is 30.0 Å². The molecule has 2 N–H and O–H groups in total. The van der Waals surface area contributed by atoms with Crippen molar-refractivity contribution in [1.29, 1.82) is 5.26 Å². The number of imidazole rings is 1. The van der Waals surface area contributed by atoms with Gasteiger partial charge in [-0.3, -0.25) is 0 Å². The van der Waals surface area contributed by atoms with E-state index in [4.69, 9.17) is 14.7 Å². The third-order valence-corrected chi connectivity index (χ3v) is 4.43. The van der Waals surface area contributed by atoms with Crippen molar-refractivity contribution in [1.82, 2.24) is 19.9 Å². The van der Waals surface area contributed by atoms with Gasteiger partial charge in [0, 0.05) is 29.7 Å². The van der Waals surface area contributed by atoms with Crippen molar-refractivity contribution in [2.24, 2.45) is 0 Å². The maximum Gasteiger partial charge on any atom is 0.230 e. The van der Waals surface area contributed by atoms with Crippen molar-refractivity contribution < 1.29 is 9.47 Å². The maximum atomic E-state index is 9.06. The number of aromatic amines is 1. The van der Waals surface area contributed by atoms with Crippen LogP contribution in [0.5, 0.6) is 17.4 Å². The minimum atomic E-state index is 0.375. The number of methoxy groups -OCH3 is 1. The highest BCUT2D eigenvalue weighted by Gasteiger charge is 2.12. The van der Waals surface area contributed by atoms with E-state index in [0.717, 1.165) is 28.5 Å². The Balaban J connectivity index is 1.58. The zero-order valence-electron chi connectivity index (χ0n) is 17.3. The van der Waals surface area contributed by atoms with E-state index in [0.29, 0.717) is 28.9 Å². The topological polar surface area (TPSA) is 109 Å². The molecule has 8 nitrogen and oxygen atoms in total. The molecule has 0 fully saturated rings. The van der Waals surface area contributed by atoms with Crippen molar-refractivity contribution in [2.75, 3.05) is 12.4 Å². The van der Waals surface area contributed by atoms with Crippen LogP contribution in [0.4, 0.5) is 11.6 Å². The quantitative estimate of drug-likeness (QED) is 0.463. The minimum Gasteiger partial charge on any atom is -0.496 e. The zero-order valence-corrected chi connectivity index (χ0v) is 17.3. The molecule has 0 aliphatic carbocycles. The second-order valence-corrected chi connectivity index (χ2v) is 6.84. The summed E-state index contributed by atoms with van der Waals surface area (Å²) in [4.78, 5) is 16.5. The van der Waals surface area contributed by atoms with Gasteiger partial charge < -0.3 is 19.8 Å². The fourth-order valence-electron chi connectivity index (χ4n) is 3.04. The Morgan fingerprint density at radius 2 is 1.87 bits per heavy atom. The highest BCUT2D eigenvalue weighted by atomic mass is 16.5. The highest BCUT2D eigenvalue weighted by Crippen LogP contribution is 2.32. The van der Waals surface area contributed by atoms with Gasteiger partial charge in [0.25, 0.3) is 0 Å². The Kier molecular flexibility index (Phi) is 5.49. The highest BCUT2D eigenvalue weighted by molar-refractivity contribution is 5.70. The molecule has 0 radical (unpaired) electrons. The van der Waals surface area contributed by atoms with Crippen LogP contribution in [0.15, 0.2) is 54.7 Å². The van der Waals surface area contributed by atoms with E-state index < -0.39 is 0 Å². The Labute approximate surface area is 179 Å². The molecule has 0 aliphatic heterocycles. The molecule has 0 saturated carbocycles. The molecule has 8 heteroatoms. The number of nitrogens with one attached hydrogen (secondary N) is 2. The molecule has 0 unspecified atom stereocenters. The summed E-state index contributed by atoms with van der Waals surface area (Å²) in [7, 11) is 1.61. The van der Waals surface area contributed by atoms with E-state index in [-0.39, 0.29) is 0 Å². The molecule has 0 aliphatic rings. The van der Waals surface area contributed by atoms with Crippen LogP contribution in [0.2, 0.25) is 0 Å². The predicted octanol–water partition coefficient (Wildman–Crippen LogP) is 4.90. The average Bonchev–Trinajstić information content (AvgIpc) is 3.19. The molecule has 31 heavy (non-hydrogen) atoms. The molecular weight excluding hydrogens is 392 g/mol. The average molecular weight is 412 g/mol. The van der Waals surface area contributed by atoms with Crippen molar-refractivity contribution in [3.8, 4) is 34.8 Å². The number of hydrogen-bond acceptors (Lipinski definition) is 7. The molecule has 2 heterocycles.